The Hall–Kier alpha value is -2.97. The minimum absolute atomic E-state index is 0.228. The second-order valence-electron chi connectivity index (χ2n) is 6.39. The monoisotopic (exact) mass is 446 g/mol. The van der Waals surface area contributed by atoms with E-state index in [9.17, 15) is 14.4 Å². The van der Waals surface area contributed by atoms with Crippen molar-refractivity contribution in [3.05, 3.63) is 57.5 Å². The van der Waals surface area contributed by atoms with Crippen LogP contribution in [0.2, 0.25) is 5.02 Å². The lowest BCUT2D eigenvalue weighted by Crippen LogP contribution is -2.36. The molecular weight excluding hydrogens is 428 g/mol. The molecule has 1 aliphatic rings. The number of rotatable bonds is 6. The zero-order valence-corrected chi connectivity index (χ0v) is 18.1. The average molecular weight is 447 g/mol. The number of anilines is 1. The van der Waals surface area contributed by atoms with Crippen molar-refractivity contribution in [2.75, 3.05) is 26.1 Å². The summed E-state index contributed by atoms with van der Waals surface area (Å²) < 4.78 is 10.6. The number of imide groups is 1. The van der Waals surface area contributed by atoms with Gasteiger partial charge in [0.05, 0.1) is 19.1 Å². The maximum absolute atomic E-state index is 12.7. The van der Waals surface area contributed by atoms with Crippen molar-refractivity contribution in [3.8, 4) is 11.5 Å². The van der Waals surface area contributed by atoms with Gasteiger partial charge in [-0.05, 0) is 66.2 Å². The lowest BCUT2D eigenvalue weighted by atomic mass is 10.1. The molecule has 1 heterocycles. The van der Waals surface area contributed by atoms with E-state index in [1.54, 1.807) is 42.5 Å². The summed E-state index contributed by atoms with van der Waals surface area (Å²) in [6.07, 6.45) is 1.61. The highest BCUT2D eigenvalue weighted by Gasteiger charge is 2.36. The SMILES string of the molecule is COc1cc(C)c(/C=C2\SC(=O)N(CC(=O)Nc3cccc(Cl)c3)C2=O)cc1OC. The van der Waals surface area contributed by atoms with Gasteiger partial charge in [0.25, 0.3) is 11.1 Å². The van der Waals surface area contributed by atoms with Gasteiger partial charge in [-0.3, -0.25) is 19.3 Å². The minimum atomic E-state index is -0.527. The topological polar surface area (TPSA) is 84.9 Å². The largest absolute Gasteiger partial charge is 0.493 e. The second kappa shape index (κ2) is 9.23. The molecule has 7 nitrogen and oxygen atoms in total. The van der Waals surface area contributed by atoms with Crippen molar-refractivity contribution >= 4 is 52.2 Å². The molecule has 0 atom stereocenters. The fourth-order valence-corrected chi connectivity index (χ4v) is 3.86. The summed E-state index contributed by atoms with van der Waals surface area (Å²) in [5, 5.41) is 2.58. The molecule has 0 aliphatic carbocycles. The molecule has 9 heteroatoms. The quantitative estimate of drug-likeness (QED) is 0.664. The number of amides is 3. The molecule has 1 fully saturated rings. The van der Waals surface area contributed by atoms with Crippen molar-refractivity contribution in [3.63, 3.8) is 0 Å². The number of ether oxygens (including phenoxy) is 2. The van der Waals surface area contributed by atoms with Gasteiger partial charge in [0.1, 0.15) is 6.54 Å². The van der Waals surface area contributed by atoms with Gasteiger partial charge in [0.15, 0.2) is 11.5 Å². The molecule has 156 valence electrons. The maximum Gasteiger partial charge on any atom is 0.294 e. The van der Waals surface area contributed by atoms with E-state index in [0.29, 0.717) is 27.8 Å². The van der Waals surface area contributed by atoms with Crippen LogP contribution in [-0.2, 0) is 9.59 Å². The van der Waals surface area contributed by atoms with Crippen molar-refractivity contribution in [1.29, 1.82) is 0 Å². The van der Waals surface area contributed by atoms with Crippen molar-refractivity contribution < 1.29 is 23.9 Å². The van der Waals surface area contributed by atoms with E-state index in [0.717, 1.165) is 22.2 Å². The smallest absolute Gasteiger partial charge is 0.294 e. The van der Waals surface area contributed by atoms with Gasteiger partial charge >= 0.3 is 0 Å². The summed E-state index contributed by atoms with van der Waals surface area (Å²) in [6.45, 7) is 1.47. The Morgan fingerprint density at radius 3 is 2.53 bits per heavy atom. The standard InChI is InChI=1S/C21H19ClN2O5S/c1-12-7-16(28-2)17(29-3)8-13(12)9-18-20(26)24(21(27)30-18)11-19(25)23-15-6-4-5-14(22)10-15/h4-10H,11H2,1-3H3,(H,23,25)/b18-9-. The molecule has 1 aliphatic heterocycles. The Balaban J connectivity index is 1.77. The number of halogens is 1. The summed E-state index contributed by atoms with van der Waals surface area (Å²) in [6, 6.07) is 10.1. The first-order valence-electron chi connectivity index (χ1n) is 8.85. The Labute approximate surface area is 183 Å². The fraction of sp³-hybridized carbons (Fsp3) is 0.190. The number of carbonyl (C=O) groups is 3. The number of methoxy groups -OCH3 is 2. The predicted octanol–water partition coefficient (Wildman–Crippen LogP) is 4.34. The van der Waals surface area contributed by atoms with E-state index < -0.39 is 17.1 Å². The van der Waals surface area contributed by atoms with Crippen LogP contribution in [0, 0.1) is 6.92 Å². The Morgan fingerprint density at radius 2 is 1.87 bits per heavy atom. The van der Waals surface area contributed by atoms with Crippen LogP contribution in [-0.4, -0.2) is 42.7 Å². The number of benzene rings is 2. The van der Waals surface area contributed by atoms with E-state index in [1.807, 2.05) is 6.92 Å². The second-order valence-corrected chi connectivity index (χ2v) is 7.82. The lowest BCUT2D eigenvalue weighted by Gasteiger charge is -2.13. The number of hydrogen-bond acceptors (Lipinski definition) is 6. The van der Waals surface area contributed by atoms with Crippen LogP contribution >= 0.6 is 23.4 Å². The van der Waals surface area contributed by atoms with Crippen molar-refractivity contribution in [1.82, 2.24) is 4.90 Å². The number of carbonyl (C=O) groups excluding carboxylic acids is 3. The van der Waals surface area contributed by atoms with Crippen molar-refractivity contribution in [2.24, 2.45) is 0 Å². The molecule has 0 unspecified atom stereocenters. The number of hydrogen-bond donors (Lipinski definition) is 1. The summed E-state index contributed by atoms with van der Waals surface area (Å²) in [5.41, 5.74) is 2.04. The molecule has 3 rings (SSSR count). The Bertz CT molecular complexity index is 1050. The van der Waals surface area contributed by atoms with Gasteiger partial charge in [0.2, 0.25) is 5.91 Å². The summed E-state index contributed by atoms with van der Waals surface area (Å²) >= 11 is 6.68. The highest BCUT2D eigenvalue weighted by Crippen LogP contribution is 2.35. The maximum atomic E-state index is 12.7. The number of thioether (sulfide) groups is 1. The van der Waals surface area contributed by atoms with Crippen LogP contribution in [0.5, 0.6) is 11.5 Å². The lowest BCUT2D eigenvalue weighted by molar-refractivity contribution is -0.127. The molecule has 0 aromatic heterocycles. The molecule has 1 N–H and O–H groups in total. The molecule has 0 radical (unpaired) electrons. The normalized spacial score (nSPS) is 14.9. The first-order valence-corrected chi connectivity index (χ1v) is 10.0. The van der Waals surface area contributed by atoms with E-state index in [-0.39, 0.29) is 11.4 Å². The predicted molar refractivity (Wildman–Crippen MR) is 117 cm³/mol. The van der Waals surface area contributed by atoms with Crippen LogP contribution in [0.25, 0.3) is 6.08 Å². The van der Waals surface area contributed by atoms with E-state index in [2.05, 4.69) is 5.32 Å². The van der Waals surface area contributed by atoms with Crippen LogP contribution in [0.4, 0.5) is 10.5 Å². The number of nitrogens with one attached hydrogen (secondary N) is 1. The highest BCUT2D eigenvalue weighted by atomic mass is 35.5. The third-order valence-electron chi connectivity index (χ3n) is 4.34. The number of aryl methyl sites for hydroxylation is 1. The van der Waals surface area contributed by atoms with Gasteiger partial charge in [-0.25, -0.2) is 0 Å². The van der Waals surface area contributed by atoms with Gasteiger partial charge in [0, 0.05) is 10.7 Å². The van der Waals surface area contributed by atoms with Gasteiger partial charge < -0.3 is 14.8 Å². The molecular formula is C21H19ClN2O5S. The summed E-state index contributed by atoms with van der Waals surface area (Å²) in [5.74, 6) is 0.0518. The van der Waals surface area contributed by atoms with E-state index in [1.165, 1.54) is 14.2 Å². The molecule has 3 amide bonds. The Morgan fingerprint density at radius 1 is 1.17 bits per heavy atom. The third-order valence-corrected chi connectivity index (χ3v) is 5.48. The van der Waals surface area contributed by atoms with E-state index in [4.69, 9.17) is 21.1 Å². The zero-order chi connectivity index (χ0) is 21.8. The molecule has 0 spiro atoms. The highest BCUT2D eigenvalue weighted by molar-refractivity contribution is 8.18. The summed E-state index contributed by atoms with van der Waals surface area (Å²) in [4.78, 5) is 38.4. The third kappa shape index (κ3) is 4.77. The molecule has 0 saturated carbocycles. The first-order chi connectivity index (χ1) is 14.3. The van der Waals surface area contributed by atoms with Gasteiger partial charge in [-0.2, -0.15) is 0 Å². The first kappa shape index (κ1) is 21.7. The average Bonchev–Trinajstić information content (AvgIpc) is 2.96. The minimum Gasteiger partial charge on any atom is -0.493 e. The number of nitrogens with zero attached hydrogens (tertiary/aromatic N) is 1. The van der Waals surface area contributed by atoms with Crippen LogP contribution < -0.4 is 14.8 Å². The van der Waals surface area contributed by atoms with Gasteiger partial charge in [-0.1, -0.05) is 17.7 Å². The fourth-order valence-electron chi connectivity index (χ4n) is 2.84. The molecule has 2 aromatic carbocycles. The molecule has 0 bridgehead atoms. The summed E-state index contributed by atoms with van der Waals surface area (Å²) in [7, 11) is 3.06. The molecule has 30 heavy (non-hydrogen) atoms. The zero-order valence-electron chi connectivity index (χ0n) is 16.5. The van der Waals surface area contributed by atoms with Crippen LogP contribution in [0.15, 0.2) is 41.3 Å². The molecule has 1 saturated heterocycles. The van der Waals surface area contributed by atoms with Crippen LogP contribution in [0.3, 0.4) is 0 Å². The van der Waals surface area contributed by atoms with Crippen molar-refractivity contribution in [2.45, 2.75) is 6.92 Å². The van der Waals surface area contributed by atoms with Crippen LogP contribution in [0.1, 0.15) is 11.1 Å². The van der Waals surface area contributed by atoms with E-state index >= 15 is 0 Å². The Kier molecular flexibility index (Phi) is 6.69. The van der Waals surface area contributed by atoms with Gasteiger partial charge in [-0.15, -0.1) is 0 Å². The molecule has 2 aromatic rings.